The van der Waals surface area contributed by atoms with Crippen LogP contribution in [0.3, 0.4) is 0 Å². The summed E-state index contributed by atoms with van der Waals surface area (Å²) in [7, 11) is -3.39. The van der Waals surface area contributed by atoms with Crippen molar-refractivity contribution < 1.29 is 13.2 Å². The van der Waals surface area contributed by atoms with Crippen molar-refractivity contribution in [2.75, 3.05) is 24.7 Å². The number of rotatable bonds is 7. The van der Waals surface area contributed by atoms with E-state index in [2.05, 4.69) is 10.0 Å². The Labute approximate surface area is 89.3 Å². The highest BCUT2D eigenvalue weighted by atomic mass is 35.5. The average molecular weight is 243 g/mol. The Hall–Kier alpha value is -0.330. The summed E-state index contributed by atoms with van der Waals surface area (Å²) < 4.78 is 24.2. The zero-order chi connectivity index (χ0) is 11.0. The Balaban J connectivity index is 3.76. The van der Waals surface area contributed by atoms with E-state index in [0.29, 0.717) is 6.54 Å². The molecule has 0 fully saturated rings. The second-order valence-corrected chi connectivity index (χ2v) is 4.98. The first-order chi connectivity index (χ1) is 6.52. The fourth-order valence-electron chi connectivity index (χ4n) is 0.676. The van der Waals surface area contributed by atoms with Crippen molar-refractivity contribution in [3.63, 3.8) is 0 Å². The minimum Gasteiger partial charge on any atom is -0.355 e. The molecule has 0 spiro atoms. The summed E-state index contributed by atoms with van der Waals surface area (Å²) in [6, 6.07) is 0. The lowest BCUT2D eigenvalue weighted by atomic mass is 10.5. The van der Waals surface area contributed by atoms with E-state index in [1.54, 1.807) is 0 Å². The highest BCUT2D eigenvalue weighted by Gasteiger charge is 2.10. The van der Waals surface area contributed by atoms with Gasteiger partial charge in [0, 0.05) is 12.4 Å². The lowest BCUT2D eigenvalue weighted by Gasteiger charge is -2.05. The molecule has 0 aromatic heterocycles. The number of nitrogens with one attached hydrogen (secondary N) is 2. The molecular weight excluding hydrogens is 228 g/mol. The van der Waals surface area contributed by atoms with Crippen LogP contribution in [-0.4, -0.2) is 39.0 Å². The molecule has 2 N–H and O–H groups in total. The van der Waals surface area contributed by atoms with E-state index < -0.39 is 10.0 Å². The molecule has 0 aliphatic rings. The molecule has 0 aromatic rings. The predicted molar refractivity (Wildman–Crippen MR) is 55.8 cm³/mol. The molecule has 0 atom stereocenters. The first-order valence-electron chi connectivity index (χ1n) is 4.32. The topological polar surface area (TPSA) is 75.3 Å². The number of hydrogen-bond acceptors (Lipinski definition) is 3. The van der Waals surface area contributed by atoms with Gasteiger partial charge in [0.1, 0.15) is 0 Å². The molecule has 0 unspecified atom stereocenters. The monoisotopic (exact) mass is 242 g/mol. The van der Waals surface area contributed by atoms with Crippen LogP contribution in [0, 0.1) is 0 Å². The summed E-state index contributed by atoms with van der Waals surface area (Å²) in [6.45, 7) is 2.24. The number of hydrogen-bond donors (Lipinski definition) is 2. The quantitative estimate of drug-likeness (QED) is 0.601. The Morgan fingerprint density at radius 3 is 2.57 bits per heavy atom. The normalized spacial score (nSPS) is 11.3. The molecule has 84 valence electrons. The van der Waals surface area contributed by atoms with Crippen LogP contribution in [0.25, 0.3) is 0 Å². The maximum atomic E-state index is 11.0. The highest BCUT2D eigenvalue weighted by molar-refractivity contribution is 7.89. The Morgan fingerprint density at radius 1 is 1.43 bits per heavy atom. The third-order valence-corrected chi connectivity index (χ3v) is 3.11. The number of sulfonamides is 1. The zero-order valence-corrected chi connectivity index (χ0v) is 9.62. The van der Waals surface area contributed by atoms with Gasteiger partial charge in [0.25, 0.3) is 0 Å². The Morgan fingerprint density at radius 2 is 2.07 bits per heavy atom. The molecule has 0 saturated heterocycles. The van der Waals surface area contributed by atoms with Gasteiger partial charge in [0.15, 0.2) is 0 Å². The Bertz CT molecular complexity index is 266. The number of halogens is 1. The summed E-state index contributed by atoms with van der Waals surface area (Å²) in [4.78, 5) is 11.0. The van der Waals surface area contributed by atoms with E-state index in [1.165, 1.54) is 0 Å². The molecule has 0 saturated carbocycles. The van der Waals surface area contributed by atoms with E-state index in [9.17, 15) is 13.2 Å². The predicted octanol–water partition coefficient (Wildman–Crippen LogP) is -0.329. The van der Waals surface area contributed by atoms with Crippen molar-refractivity contribution in [2.45, 2.75) is 13.3 Å². The van der Waals surface area contributed by atoms with Crippen LogP contribution >= 0.6 is 11.6 Å². The molecule has 0 heterocycles. The average Bonchev–Trinajstić information content (AvgIpc) is 2.11. The molecule has 14 heavy (non-hydrogen) atoms. The third-order valence-electron chi connectivity index (χ3n) is 1.37. The SMILES string of the molecule is CCCNC(=O)CNS(=O)(=O)CCCl. The van der Waals surface area contributed by atoms with Crippen molar-refractivity contribution in [3.8, 4) is 0 Å². The summed E-state index contributed by atoms with van der Waals surface area (Å²) in [5.41, 5.74) is 0. The lowest BCUT2D eigenvalue weighted by molar-refractivity contribution is -0.119. The summed E-state index contributed by atoms with van der Waals surface area (Å²) >= 11 is 5.27. The van der Waals surface area contributed by atoms with E-state index in [-0.39, 0.29) is 24.1 Å². The van der Waals surface area contributed by atoms with Crippen molar-refractivity contribution in [1.29, 1.82) is 0 Å². The smallest absolute Gasteiger partial charge is 0.235 e. The number of carbonyl (C=O) groups is 1. The standard InChI is InChI=1S/C7H15ClN2O3S/c1-2-4-9-7(11)6-10-14(12,13)5-3-8/h10H,2-6H2,1H3,(H,9,11). The largest absolute Gasteiger partial charge is 0.355 e. The van der Waals surface area contributed by atoms with Crippen LogP contribution in [0.15, 0.2) is 0 Å². The maximum Gasteiger partial charge on any atom is 0.235 e. The van der Waals surface area contributed by atoms with Gasteiger partial charge in [-0.25, -0.2) is 13.1 Å². The molecular formula is C7H15ClN2O3S. The molecule has 0 aliphatic heterocycles. The van der Waals surface area contributed by atoms with Gasteiger partial charge in [-0.1, -0.05) is 6.92 Å². The molecule has 0 aromatic carbocycles. The van der Waals surface area contributed by atoms with Crippen molar-refractivity contribution in [3.05, 3.63) is 0 Å². The van der Waals surface area contributed by atoms with Crippen LogP contribution in [0.2, 0.25) is 0 Å². The molecule has 1 amide bonds. The molecule has 0 bridgehead atoms. The van der Waals surface area contributed by atoms with Crippen molar-refractivity contribution >= 4 is 27.5 Å². The fourth-order valence-corrected chi connectivity index (χ4v) is 1.98. The van der Waals surface area contributed by atoms with Crippen molar-refractivity contribution in [2.24, 2.45) is 0 Å². The van der Waals surface area contributed by atoms with E-state index in [4.69, 9.17) is 11.6 Å². The van der Waals surface area contributed by atoms with Crippen LogP contribution in [-0.2, 0) is 14.8 Å². The van der Waals surface area contributed by atoms with Gasteiger partial charge < -0.3 is 5.32 Å². The van der Waals surface area contributed by atoms with Gasteiger partial charge >= 0.3 is 0 Å². The summed E-state index contributed by atoms with van der Waals surface area (Å²) in [6.07, 6.45) is 0.820. The molecule has 0 radical (unpaired) electrons. The van der Waals surface area contributed by atoms with E-state index in [1.807, 2.05) is 6.92 Å². The molecule has 5 nitrogen and oxygen atoms in total. The lowest BCUT2D eigenvalue weighted by Crippen LogP contribution is -2.38. The number of amides is 1. The van der Waals surface area contributed by atoms with Crippen LogP contribution in [0.5, 0.6) is 0 Å². The maximum absolute atomic E-state index is 11.0. The van der Waals surface area contributed by atoms with Gasteiger partial charge in [0.05, 0.1) is 12.3 Å². The highest BCUT2D eigenvalue weighted by Crippen LogP contribution is 1.85. The fraction of sp³-hybridized carbons (Fsp3) is 0.857. The van der Waals surface area contributed by atoms with Gasteiger partial charge in [0.2, 0.25) is 15.9 Å². The van der Waals surface area contributed by atoms with E-state index >= 15 is 0 Å². The van der Waals surface area contributed by atoms with Crippen LogP contribution in [0.4, 0.5) is 0 Å². The summed E-state index contributed by atoms with van der Waals surface area (Å²) in [5.74, 6) is -0.480. The molecule has 7 heteroatoms. The molecule has 0 aliphatic carbocycles. The third kappa shape index (κ3) is 7.11. The zero-order valence-electron chi connectivity index (χ0n) is 8.05. The Kier molecular flexibility index (Phi) is 6.86. The van der Waals surface area contributed by atoms with Gasteiger partial charge in [-0.05, 0) is 6.42 Å². The second-order valence-electron chi connectivity index (χ2n) is 2.68. The van der Waals surface area contributed by atoms with Crippen LogP contribution < -0.4 is 10.0 Å². The number of alkyl halides is 1. The number of carbonyl (C=O) groups excluding carboxylic acids is 1. The first kappa shape index (κ1) is 13.7. The summed E-state index contributed by atoms with van der Waals surface area (Å²) in [5, 5.41) is 2.55. The first-order valence-corrected chi connectivity index (χ1v) is 6.50. The van der Waals surface area contributed by atoms with Gasteiger partial charge in [-0.2, -0.15) is 0 Å². The van der Waals surface area contributed by atoms with Crippen LogP contribution in [0.1, 0.15) is 13.3 Å². The van der Waals surface area contributed by atoms with Gasteiger partial charge in [-0.3, -0.25) is 4.79 Å². The minimum absolute atomic E-state index is 0.0198. The van der Waals surface area contributed by atoms with Crippen molar-refractivity contribution in [1.82, 2.24) is 10.0 Å². The minimum atomic E-state index is -3.39. The van der Waals surface area contributed by atoms with E-state index in [0.717, 1.165) is 6.42 Å². The molecule has 0 rings (SSSR count). The van der Waals surface area contributed by atoms with Gasteiger partial charge in [-0.15, -0.1) is 11.6 Å². The second kappa shape index (κ2) is 7.03.